The molecule has 1 aliphatic rings. The maximum Gasteiger partial charge on any atom is 0.251 e. The van der Waals surface area contributed by atoms with E-state index in [1.807, 2.05) is 36.4 Å². The molecular weight excluding hydrogens is 314 g/mol. The molecule has 0 unspecified atom stereocenters. The van der Waals surface area contributed by atoms with Crippen LogP contribution in [0.5, 0.6) is 5.75 Å². The van der Waals surface area contributed by atoms with E-state index in [0.717, 1.165) is 43.8 Å². The van der Waals surface area contributed by atoms with E-state index in [4.69, 9.17) is 4.74 Å². The normalized spacial score (nSPS) is 15.7. The number of carbonyl (C=O) groups is 1. The van der Waals surface area contributed by atoms with Crippen LogP contribution in [-0.2, 0) is 6.61 Å². The summed E-state index contributed by atoms with van der Waals surface area (Å²) in [6.07, 6.45) is 5.56. The lowest BCUT2D eigenvalue weighted by Crippen LogP contribution is -2.44. The molecule has 1 saturated heterocycles. The molecule has 3 rings (SSSR count). The van der Waals surface area contributed by atoms with E-state index in [9.17, 15) is 4.79 Å². The first kappa shape index (κ1) is 17.4. The second-order valence-corrected chi connectivity index (χ2v) is 6.36. The van der Waals surface area contributed by atoms with Gasteiger partial charge in [0.2, 0.25) is 0 Å². The summed E-state index contributed by atoms with van der Waals surface area (Å²) in [6.45, 7) is 5.85. The quantitative estimate of drug-likeness (QED) is 0.879. The molecule has 0 bridgehead atoms. The molecule has 25 heavy (non-hydrogen) atoms. The molecule has 1 aliphatic heterocycles. The van der Waals surface area contributed by atoms with Gasteiger partial charge in [0.1, 0.15) is 12.4 Å². The largest absolute Gasteiger partial charge is 0.489 e. The topological polar surface area (TPSA) is 54.5 Å². The number of piperidine rings is 1. The van der Waals surface area contributed by atoms with Gasteiger partial charge in [0.05, 0.1) is 0 Å². The molecular formula is C20H25N3O2. The van der Waals surface area contributed by atoms with Crippen molar-refractivity contribution in [3.8, 4) is 5.75 Å². The predicted molar refractivity (Wildman–Crippen MR) is 97.6 cm³/mol. The monoisotopic (exact) mass is 339 g/mol. The van der Waals surface area contributed by atoms with E-state index in [-0.39, 0.29) is 11.9 Å². The molecule has 5 heteroatoms. The van der Waals surface area contributed by atoms with Crippen molar-refractivity contribution in [3.63, 3.8) is 0 Å². The molecule has 1 N–H and O–H groups in total. The first-order valence-electron chi connectivity index (χ1n) is 8.89. The van der Waals surface area contributed by atoms with Gasteiger partial charge in [-0.25, -0.2) is 0 Å². The standard InChI is InChI=1S/C20H25N3O2/c1-2-23-12-9-18(10-13-23)22-20(24)17-5-7-19(8-6-17)25-15-16-4-3-11-21-14-16/h3-8,11,14,18H,2,9-10,12-13,15H2,1H3,(H,22,24). The van der Waals surface area contributed by atoms with Crippen LogP contribution < -0.4 is 10.1 Å². The molecule has 132 valence electrons. The van der Waals surface area contributed by atoms with E-state index in [2.05, 4.69) is 22.1 Å². The van der Waals surface area contributed by atoms with Gasteiger partial charge in [-0.2, -0.15) is 0 Å². The number of hydrogen-bond acceptors (Lipinski definition) is 4. The summed E-state index contributed by atoms with van der Waals surface area (Å²) in [5, 5.41) is 3.14. The zero-order valence-electron chi connectivity index (χ0n) is 14.6. The highest BCUT2D eigenvalue weighted by molar-refractivity contribution is 5.94. The molecule has 0 atom stereocenters. The van der Waals surface area contributed by atoms with Crippen LogP contribution in [0.3, 0.4) is 0 Å². The summed E-state index contributed by atoms with van der Waals surface area (Å²) in [6, 6.07) is 11.4. The summed E-state index contributed by atoms with van der Waals surface area (Å²) in [7, 11) is 0. The fraction of sp³-hybridized carbons (Fsp3) is 0.400. The van der Waals surface area contributed by atoms with Gasteiger partial charge in [-0.1, -0.05) is 13.0 Å². The summed E-state index contributed by atoms with van der Waals surface area (Å²) >= 11 is 0. The Morgan fingerprint density at radius 2 is 2.00 bits per heavy atom. The van der Waals surface area contributed by atoms with E-state index < -0.39 is 0 Å². The number of benzene rings is 1. The molecule has 1 aromatic heterocycles. The Labute approximate surface area is 149 Å². The van der Waals surface area contributed by atoms with Crippen LogP contribution in [0.1, 0.15) is 35.7 Å². The number of hydrogen-bond donors (Lipinski definition) is 1. The van der Waals surface area contributed by atoms with E-state index in [1.165, 1.54) is 0 Å². The molecule has 0 saturated carbocycles. The van der Waals surface area contributed by atoms with Gasteiger partial charge in [-0.3, -0.25) is 9.78 Å². The van der Waals surface area contributed by atoms with Crippen molar-refractivity contribution in [2.24, 2.45) is 0 Å². The van der Waals surface area contributed by atoms with Crippen molar-refractivity contribution in [1.82, 2.24) is 15.2 Å². The highest BCUT2D eigenvalue weighted by Crippen LogP contribution is 2.15. The number of likely N-dealkylation sites (tertiary alicyclic amines) is 1. The van der Waals surface area contributed by atoms with Gasteiger partial charge in [-0.15, -0.1) is 0 Å². The number of nitrogens with zero attached hydrogens (tertiary/aromatic N) is 2. The Morgan fingerprint density at radius 1 is 1.24 bits per heavy atom. The average molecular weight is 339 g/mol. The molecule has 0 aliphatic carbocycles. The third kappa shape index (κ3) is 5.03. The van der Waals surface area contributed by atoms with E-state index in [1.54, 1.807) is 12.4 Å². The highest BCUT2D eigenvalue weighted by Gasteiger charge is 2.20. The van der Waals surface area contributed by atoms with Crippen LogP contribution in [0.2, 0.25) is 0 Å². The van der Waals surface area contributed by atoms with Gasteiger partial charge < -0.3 is 15.0 Å². The summed E-state index contributed by atoms with van der Waals surface area (Å²) in [5.41, 5.74) is 1.69. The first-order chi connectivity index (χ1) is 12.2. The van der Waals surface area contributed by atoms with Gasteiger partial charge in [0.15, 0.2) is 0 Å². The van der Waals surface area contributed by atoms with Crippen molar-refractivity contribution in [3.05, 3.63) is 59.9 Å². The maximum atomic E-state index is 12.4. The van der Waals surface area contributed by atoms with E-state index >= 15 is 0 Å². The fourth-order valence-corrected chi connectivity index (χ4v) is 3.01. The first-order valence-corrected chi connectivity index (χ1v) is 8.89. The van der Waals surface area contributed by atoms with E-state index in [0.29, 0.717) is 12.2 Å². The second-order valence-electron chi connectivity index (χ2n) is 6.36. The molecule has 2 heterocycles. The predicted octanol–water partition coefficient (Wildman–Crippen LogP) is 2.87. The molecule has 1 fully saturated rings. The Bertz CT molecular complexity index is 665. The molecule has 0 spiro atoms. The van der Waals surface area contributed by atoms with Gasteiger partial charge in [-0.05, 0) is 49.7 Å². The minimum absolute atomic E-state index is 0.00578. The SMILES string of the molecule is CCN1CCC(NC(=O)c2ccc(OCc3cccnc3)cc2)CC1. The van der Waals surface area contributed by atoms with Crippen molar-refractivity contribution < 1.29 is 9.53 Å². The summed E-state index contributed by atoms with van der Waals surface area (Å²) < 4.78 is 5.72. The lowest BCUT2D eigenvalue weighted by atomic mass is 10.0. The number of aromatic nitrogens is 1. The van der Waals surface area contributed by atoms with Gasteiger partial charge in [0.25, 0.3) is 5.91 Å². The maximum absolute atomic E-state index is 12.4. The van der Waals surface area contributed by atoms with Crippen LogP contribution in [0.15, 0.2) is 48.8 Å². The van der Waals surface area contributed by atoms with Crippen molar-refractivity contribution in [1.29, 1.82) is 0 Å². The Kier molecular flexibility index (Phi) is 6.01. The van der Waals surface area contributed by atoms with Gasteiger partial charge in [0, 0.05) is 42.7 Å². The fourth-order valence-electron chi connectivity index (χ4n) is 3.01. The zero-order chi connectivity index (χ0) is 17.5. The molecule has 5 nitrogen and oxygen atoms in total. The highest BCUT2D eigenvalue weighted by atomic mass is 16.5. The molecule has 1 amide bonds. The second kappa shape index (κ2) is 8.62. The smallest absolute Gasteiger partial charge is 0.251 e. The number of ether oxygens (including phenoxy) is 1. The number of amides is 1. The van der Waals surface area contributed by atoms with Crippen molar-refractivity contribution in [2.75, 3.05) is 19.6 Å². The zero-order valence-corrected chi connectivity index (χ0v) is 14.6. The lowest BCUT2D eigenvalue weighted by molar-refractivity contribution is 0.0912. The van der Waals surface area contributed by atoms with Crippen LogP contribution in [-0.4, -0.2) is 41.5 Å². The molecule has 0 radical (unpaired) electrons. The Hall–Kier alpha value is -2.40. The van der Waals surface area contributed by atoms with Gasteiger partial charge >= 0.3 is 0 Å². The minimum atomic E-state index is -0.00578. The number of carbonyl (C=O) groups excluding carboxylic acids is 1. The third-order valence-electron chi connectivity index (χ3n) is 4.61. The summed E-state index contributed by atoms with van der Waals surface area (Å²) in [4.78, 5) is 18.9. The minimum Gasteiger partial charge on any atom is -0.489 e. The summed E-state index contributed by atoms with van der Waals surface area (Å²) in [5.74, 6) is 0.741. The van der Waals surface area contributed by atoms with Crippen molar-refractivity contribution >= 4 is 5.91 Å². The van der Waals surface area contributed by atoms with Crippen LogP contribution in [0.25, 0.3) is 0 Å². The van der Waals surface area contributed by atoms with Crippen molar-refractivity contribution in [2.45, 2.75) is 32.4 Å². The number of pyridine rings is 1. The third-order valence-corrected chi connectivity index (χ3v) is 4.61. The Balaban J connectivity index is 1.49. The van der Waals surface area contributed by atoms with Crippen LogP contribution in [0, 0.1) is 0 Å². The number of rotatable bonds is 6. The van der Waals surface area contributed by atoms with Crippen LogP contribution in [0.4, 0.5) is 0 Å². The molecule has 2 aromatic rings. The average Bonchev–Trinajstić information content (AvgIpc) is 2.68. The lowest BCUT2D eigenvalue weighted by Gasteiger charge is -2.31. The van der Waals surface area contributed by atoms with Crippen LogP contribution >= 0.6 is 0 Å². The number of nitrogens with one attached hydrogen (secondary N) is 1. The molecule has 1 aromatic carbocycles. The Morgan fingerprint density at radius 3 is 2.64 bits per heavy atom.